The third-order valence-electron chi connectivity index (χ3n) is 5.15. The van der Waals surface area contributed by atoms with Crippen LogP contribution in [-0.4, -0.2) is 35.9 Å². The molecule has 142 valence electrons. The summed E-state index contributed by atoms with van der Waals surface area (Å²) in [7, 11) is 1.71. The fraction of sp³-hybridized carbons (Fsp3) is 0.381. The van der Waals surface area contributed by atoms with Gasteiger partial charge in [-0.25, -0.2) is 0 Å². The lowest BCUT2D eigenvalue weighted by Gasteiger charge is -2.31. The molecule has 1 fully saturated rings. The number of carbonyl (C=O) groups excluding carboxylic acids is 1. The topological polar surface area (TPSA) is 66.7 Å². The van der Waals surface area contributed by atoms with E-state index >= 15 is 0 Å². The van der Waals surface area contributed by atoms with Crippen molar-refractivity contribution in [1.29, 1.82) is 0 Å². The van der Waals surface area contributed by atoms with Crippen LogP contribution >= 0.6 is 0 Å². The number of anilines is 1. The zero-order chi connectivity index (χ0) is 19.4. The van der Waals surface area contributed by atoms with E-state index in [2.05, 4.69) is 11.8 Å². The van der Waals surface area contributed by atoms with Crippen LogP contribution in [-0.2, 0) is 6.54 Å². The lowest BCUT2D eigenvalue weighted by molar-refractivity contribution is -0.384. The molecule has 1 heterocycles. The van der Waals surface area contributed by atoms with Crippen molar-refractivity contribution in [2.45, 2.75) is 26.3 Å². The van der Waals surface area contributed by atoms with Gasteiger partial charge < -0.3 is 9.80 Å². The maximum atomic E-state index is 12.7. The van der Waals surface area contributed by atoms with Gasteiger partial charge in [-0.05, 0) is 36.5 Å². The lowest BCUT2D eigenvalue weighted by atomic mass is 9.98. The van der Waals surface area contributed by atoms with E-state index in [9.17, 15) is 14.9 Å². The van der Waals surface area contributed by atoms with Crippen molar-refractivity contribution in [1.82, 2.24) is 4.90 Å². The average molecular weight is 367 g/mol. The first-order valence-corrected chi connectivity index (χ1v) is 9.28. The Morgan fingerprint density at radius 1 is 1.19 bits per heavy atom. The molecule has 2 aromatic rings. The number of hydrogen-bond acceptors (Lipinski definition) is 4. The second kappa shape index (κ2) is 8.20. The summed E-state index contributed by atoms with van der Waals surface area (Å²) in [6, 6.07) is 14.5. The predicted octanol–water partition coefficient (Wildman–Crippen LogP) is 4.10. The van der Waals surface area contributed by atoms with E-state index in [-0.39, 0.29) is 16.5 Å². The highest BCUT2D eigenvalue weighted by Crippen LogP contribution is 2.32. The number of piperidine rings is 1. The van der Waals surface area contributed by atoms with Gasteiger partial charge in [-0.3, -0.25) is 14.9 Å². The molecule has 1 amide bonds. The molecule has 1 aliphatic heterocycles. The molecule has 0 radical (unpaired) electrons. The van der Waals surface area contributed by atoms with E-state index in [4.69, 9.17) is 0 Å². The minimum Gasteiger partial charge on any atom is -0.366 e. The molecule has 2 aromatic carbocycles. The number of amides is 1. The minimum absolute atomic E-state index is 0.00325. The van der Waals surface area contributed by atoms with Crippen LogP contribution in [0.25, 0.3) is 0 Å². The molecule has 27 heavy (non-hydrogen) atoms. The highest BCUT2D eigenvalue weighted by atomic mass is 16.6. The maximum Gasteiger partial charge on any atom is 0.293 e. The summed E-state index contributed by atoms with van der Waals surface area (Å²) in [6.45, 7) is 4.28. The molecule has 0 saturated carbocycles. The normalized spacial score (nSPS) is 14.8. The molecular formula is C21H25N3O3. The number of nitrogens with zero attached hydrogens (tertiary/aromatic N) is 3. The van der Waals surface area contributed by atoms with E-state index in [0.717, 1.165) is 31.5 Å². The molecule has 1 aliphatic rings. The fourth-order valence-electron chi connectivity index (χ4n) is 3.47. The van der Waals surface area contributed by atoms with Crippen molar-refractivity contribution >= 4 is 17.3 Å². The molecule has 0 atom stereocenters. The van der Waals surface area contributed by atoms with Crippen LogP contribution in [0.2, 0.25) is 0 Å². The zero-order valence-corrected chi connectivity index (χ0v) is 15.8. The number of benzene rings is 2. The third-order valence-corrected chi connectivity index (χ3v) is 5.15. The van der Waals surface area contributed by atoms with Gasteiger partial charge in [0.25, 0.3) is 11.6 Å². The van der Waals surface area contributed by atoms with Crippen molar-refractivity contribution in [2.24, 2.45) is 5.92 Å². The Balaban J connectivity index is 1.80. The summed E-state index contributed by atoms with van der Waals surface area (Å²) in [5.74, 6) is 0.425. The summed E-state index contributed by atoms with van der Waals surface area (Å²) in [5, 5.41) is 11.6. The molecule has 0 spiro atoms. The first kappa shape index (κ1) is 18.9. The first-order chi connectivity index (χ1) is 13.0. The van der Waals surface area contributed by atoms with E-state index in [0.29, 0.717) is 23.7 Å². The second-order valence-electron chi connectivity index (χ2n) is 7.28. The summed E-state index contributed by atoms with van der Waals surface area (Å²) in [5.41, 5.74) is 1.97. The lowest BCUT2D eigenvalue weighted by Crippen LogP contribution is -2.33. The van der Waals surface area contributed by atoms with Gasteiger partial charge in [0.05, 0.1) is 4.92 Å². The van der Waals surface area contributed by atoms with Crippen molar-refractivity contribution in [3.05, 3.63) is 69.8 Å². The Bertz CT molecular complexity index is 815. The van der Waals surface area contributed by atoms with Crippen molar-refractivity contribution in [3.63, 3.8) is 0 Å². The zero-order valence-electron chi connectivity index (χ0n) is 15.8. The molecule has 6 nitrogen and oxygen atoms in total. The third kappa shape index (κ3) is 4.45. The Hall–Kier alpha value is -2.89. The van der Waals surface area contributed by atoms with Gasteiger partial charge in [-0.15, -0.1) is 0 Å². The van der Waals surface area contributed by atoms with Crippen LogP contribution < -0.4 is 4.90 Å². The molecule has 0 aliphatic carbocycles. The maximum absolute atomic E-state index is 12.7. The predicted molar refractivity (Wildman–Crippen MR) is 106 cm³/mol. The molecule has 1 saturated heterocycles. The number of rotatable bonds is 5. The molecule has 6 heteroatoms. The number of nitro groups is 1. The van der Waals surface area contributed by atoms with Crippen LogP contribution in [0.15, 0.2) is 48.5 Å². The van der Waals surface area contributed by atoms with Gasteiger partial charge in [-0.1, -0.05) is 37.3 Å². The summed E-state index contributed by atoms with van der Waals surface area (Å²) in [4.78, 5) is 27.6. The van der Waals surface area contributed by atoms with Crippen LogP contribution in [0, 0.1) is 16.0 Å². The molecule has 0 bridgehead atoms. The molecule has 0 N–H and O–H groups in total. The molecule has 0 aromatic heterocycles. The average Bonchev–Trinajstić information content (AvgIpc) is 2.68. The molecule has 0 unspecified atom stereocenters. The highest BCUT2D eigenvalue weighted by molar-refractivity contribution is 5.95. The van der Waals surface area contributed by atoms with Gasteiger partial charge in [-0.2, -0.15) is 0 Å². The monoisotopic (exact) mass is 367 g/mol. The summed E-state index contributed by atoms with van der Waals surface area (Å²) >= 11 is 0. The van der Waals surface area contributed by atoms with Crippen molar-refractivity contribution in [3.8, 4) is 0 Å². The number of hydrogen-bond donors (Lipinski definition) is 0. The van der Waals surface area contributed by atoms with Gasteiger partial charge in [0.2, 0.25) is 0 Å². The first-order valence-electron chi connectivity index (χ1n) is 9.28. The van der Waals surface area contributed by atoms with Crippen molar-refractivity contribution in [2.75, 3.05) is 25.0 Å². The summed E-state index contributed by atoms with van der Waals surface area (Å²) in [6.07, 6.45) is 2.05. The standard InChI is InChI=1S/C21H25N3O3/c1-16-10-12-23(13-11-16)19-9-8-18(14-20(19)24(26)27)21(25)22(2)15-17-6-4-3-5-7-17/h3-9,14,16H,10-13,15H2,1-2H3. The Morgan fingerprint density at radius 3 is 2.48 bits per heavy atom. The highest BCUT2D eigenvalue weighted by Gasteiger charge is 2.25. The fourth-order valence-corrected chi connectivity index (χ4v) is 3.47. The molecule has 3 rings (SSSR count). The second-order valence-corrected chi connectivity index (χ2v) is 7.28. The van der Waals surface area contributed by atoms with Gasteiger partial charge in [0.15, 0.2) is 0 Å². The van der Waals surface area contributed by atoms with E-state index in [1.54, 1.807) is 24.1 Å². The van der Waals surface area contributed by atoms with Crippen LogP contribution in [0.3, 0.4) is 0 Å². The van der Waals surface area contributed by atoms with E-state index in [1.807, 2.05) is 30.3 Å². The quantitative estimate of drug-likeness (QED) is 0.589. The van der Waals surface area contributed by atoms with E-state index < -0.39 is 0 Å². The van der Waals surface area contributed by atoms with Gasteiger partial charge in [0.1, 0.15) is 5.69 Å². The van der Waals surface area contributed by atoms with Crippen LogP contribution in [0.4, 0.5) is 11.4 Å². The molecular weight excluding hydrogens is 342 g/mol. The summed E-state index contributed by atoms with van der Waals surface area (Å²) < 4.78 is 0. The van der Waals surface area contributed by atoms with Crippen LogP contribution in [0.1, 0.15) is 35.7 Å². The van der Waals surface area contributed by atoms with Gasteiger partial charge in [0, 0.05) is 38.3 Å². The minimum atomic E-state index is -0.388. The van der Waals surface area contributed by atoms with Crippen molar-refractivity contribution < 1.29 is 9.72 Å². The SMILES string of the molecule is CC1CCN(c2ccc(C(=O)N(C)Cc3ccccc3)cc2[N+](=O)[O-])CC1. The Labute approximate surface area is 159 Å². The Morgan fingerprint density at radius 2 is 1.85 bits per heavy atom. The van der Waals surface area contributed by atoms with Crippen LogP contribution in [0.5, 0.6) is 0 Å². The number of carbonyl (C=O) groups is 1. The smallest absolute Gasteiger partial charge is 0.293 e. The Kier molecular flexibility index (Phi) is 5.74. The number of nitro benzene ring substituents is 1. The van der Waals surface area contributed by atoms with Gasteiger partial charge >= 0.3 is 0 Å². The van der Waals surface area contributed by atoms with E-state index in [1.165, 1.54) is 6.07 Å². The largest absolute Gasteiger partial charge is 0.366 e.